The molecule has 2 aromatic rings. The highest BCUT2D eigenvalue weighted by atomic mass is 16.5. The van der Waals surface area contributed by atoms with Gasteiger partial charge in [0.1, 0.15) is 11.6 Å². The van der Waals surface area contributed by atoms with Crippen LogP contribution in [0.5, 0.6) is 5.75 Å². The molecule has 4 heteroatoms. The second-order valence-corrected chi connectivity index (χ2v) is 4.24. The molecule has 1 aromatic carbocycles. The van der Waals surface area contributed by atoms with Gasteiger partial charge in [0.05, 0.1) is 18.5 Å². The maximum absolute atomic E-state index is 5.75. The number of aromatic amines is 1. The second-order valence-electron chi connectivity index (χ2n) is 4.24. The SMILES string of the molecule is CCc1ccc(OC)c(-c2nc(C)[nH]c2CN)c1. The summed E-state index contributed by atoms with van der Waals surface area (Å²) in [5, 5.41) is 0. The number of ether oxygens (including phenoxy) is 1. The van der Waals surface area contributed by atoms with Crippen LogP contribution in [0, 0.1) is 6.92 Å². The first-order valence-electron chi connectivity index (χ1n) is 6.12. The van der Waals surface area contributed by atoms with Crippen molar-refractivity contribution in [3.05, 3.63) is 35.3 Å². The van der Waals surface area contributed by atoms with Crippen molar-refractivity contribution in [2.45, 2.75) is 26.8 Å². The van der Waals surface area contributed by atoms with E-state index in [2.05, 4.69) is 29.0 Å². The fourth-order valence-corrected chi connectivity index (χ4v) is 2.07. The van der Waals surface area contributed by atoms with Crippen molar-refractivity contribution in [1.82, 2.24) is 9.97 Å². The molecule has 0 aliphatic rings. The Balaban J connectivity index is 2.60. The van der Waals surface area contributed by atoms with Crippen LogP contribution in [0.2, 0.25) is 0 Å². The number of nitrogens with two attached hydrogens (primary N) is 1. The molecular formula is C14H19N3O. The minimum absolute atomic E-state index is 0.440. The van der Waals surface area contributed by atoms with Crippen LogP contribution in [-0.2, 0) is 13.0 Å². The molecule has 0 saturated heterocycles. The molecule has 0 aliphatic heterocycles. The monoisotopic (exact) mass is 245 g/mol. The van der Waals surface area contributed by atoms with Gasteiger partial charge in [0.2, 0.25) is 0 Å². The summed E-state index contributed by atoms with van der Waals surface area (Å²) >= 11 is 0. The summed E-state index contributed by atoms with van der Waals surface area (Å²) < 4.78 is 5.41. The lowest BCUT2D eigenvalue weighted by molar-refractivity contribution is 0.416. The highest BCUT2D eigenvalue weighted by Gasteiger charge is 2.14. The largest absolute Gasteiger partial charge is 0.496 e. The predicted molar refractivity (Wildman–Crippen MR) is 72.6 cm³/mol. The van der Waals surface area contributed by atoms with Crippen LogP contribution in [0.3, 0.4) is 0 Å². The molecule has 0 radical (unpaired) electrons. The van der Waals surface area contributed by atoms with Crippen LogP contribution in [0.15, 0.2) is 18.2 Å². The number of methoxy groups -OCH3 is 1. The van der Waals surface area contributed by atoms with Gasteiger partial charge < -0.3 is 15.5 Å². The van der Waals surface area contributed by atoms with Crippen LogP contribution in [-0.4, -0.2) is 17.1 Å². The standard InChI is InChI=1S/C14H19N3O/c1-4-10-5-6-13(18-3)11(7-10)14-12(8-15)16-9(2)17-14/h5-7H,4,8,15H2,1-3H3,(H,16,17). The Morgan fingerprint density at radius 3 is 2.78 bits per heavy atom. The van der Waals surface area contributed by atoms with Crippen LogP contribution in [0.1, 0.15) is 24.0 Å². The summed E-state index contributed by atoms with van der Waals surface area (Å²) in [4.78, 5) is 7.71. The van der Waals surface area contributed by atoms with Gasteiger partial charge in [-0.15, -0.1) is 0 Å². The first-order valence-corrected chi connectivity index (χ1v) is 6.12. The molecule has 0 amide bonds. The number of aromatic nitrogens is 2. The molecule has 4 nitrogen and oxygen atoms in total. The summed E-state index contributed by atoms with van der Waals surface area (Å²) in [5.74, 6) is 1.70. The molecule has 0 saturated carbocycles. The van der Waals surface area contributed by atoms with E-state index >= 15 is 0 Å². The lowest BCUT2D eigenvalue weighted by Crippen LogP contribution is -2.00. The van der Waals surface area contributed by atoms with Crippen LogP contribution < -0.4 is 10.5 Å². The highest BCUT2D eigenvalue weighted by Crippen LogP contribution is 2.32. The van der Waals surface area contributed by atoms with E-state index in [9.17, 15) is 0 Å². The fraction of sp³-hybridized carbons (Fsp3) is 0.357. The smallest absolute Gasteiger partial charge is 0.128 e. The molecule has 1 heterocycles. The molecule has 0 bridgehead atoms. The molecule has 0 aliphatic carbocycles. The number of hydrogen-bond acceptors (Lipinski definition) is 3. The topological polar surface area (TPSA) is 63.9 Å². The molecule has 0 spiro atoms. The first kappa shape index (κ1) is 12.6. The van der Waals surface area contributed by atoms with Gasteiger partial charge in [-0.25, -0.2) is 4.98 Å². The van der Waals surface area contributed by atoms with Gasteiger partial charge in [0.15, 0.2) is 0 Å². The Bertz CT molecular complexity index is 546. The Labute approximate surface area is 107 Å². The van der Waals surface area contributed by atoms with Crippen molar-refractivity contribution in [2.24, 2.45) is 5.73 Å². The zero-order chi connectivity index (χ0) is 13.1. The third-order valence-corrected chi connectivity index (χ3v) is 3.03. The summed E-state index contributed by atoms with van der Waals surface area (Å²) in [7, 11) is 1.67. The van der Waals surface area contributed by atoms with Crippen molar-refractivity contribution in [3.63, 3.8) is 0 Å². The van der Waals surface area contributed by atoms with Crippen molar-refractivity contribution < 1.29 is 4.74 Å². The second kappa shape index (κ2) is 5.23. The predicted octanol–water partition coefficient (Wildman–Crippen LogP) is 2.41. The maximum atomic E-state index is 5.75. The Hall–Kier alpha value is -1.81. The third-order valence-electron chi connectivity index (χ3n) is 3.03. The van der Waals surface area contributed by atoms with Crippen molar-refractivity contribution in [1.29, 1.82) is 0 Å². The quantitative estimate of drug-likeness (QED) is 0.869. The molecule has 1 aromatic heterocycles. The Kier molecular flexibility index (Phi) is 3.67. The van der Waals surface area contributed by atoms with Crippen molar-refractivity contribution >= 4 is 0 Å². The van der Waals surface area contributed by atoms with Gasteiger partial charge in [-0.2, -0.15) is 0 Å². The molecule has 0 unspecified atom stereocenters. The van der Waals surface area contributed by atoms with Crippen LogP contribution in [0.4, 0.5) is 0 Å². The van der Waals surface area contributed by atoms with E-state index in [1.165, 1.54) is 5.56 Å². The average molecular weight is 245 g/mol. The Morgan fingerprint density at radius 2 is 2.17 bits per heavy atom. The van der Waals surface area contributed by atoms with Crippen molar-refractivity contribution in [3.8, 4) is 17.0 Å². The van der Waals surface area contributed by atoms with E-state index in [1.807, 2.05) is 13.0 Å². The van der Waals surface area contributed by atoms with E-state index in [0.717, 1.165) is 34.9 Å². The molecular weight excluding hydrogens is 226 g/mol. The van der Waals surface area contributed by atoms with Gasteiger partial charge in [0, 0.05) is 12.1 Å². The minimum Gasteiger partial charge on any atom is -0.496 e. The third kappa shape index (κ3) is 2.24. The maximum Gasteiger partial charge on any atom is 0.128 e. The number of hydrogen-bond donors (Lipinski definition) is 2. The van der Waals surface area contributed by atoms with Gasteiger partial charge in [-0.1, -0.05) is 13.0 Å². The van der Waals surface area contributed by atoms with Crippen LogP contribution >= 0.6 is 0 Å². The zero-order valence-corrected chi connectivity index (χ0v) is 11.1. The number of imidazole rings is 1. The van der Waals surface area contributed by atoms with Crippen LogP contribution in [0.25, 0.3) is 11.3 Å². The van der Waals surface area contributed by atoms with E-state index in [4.69, 9.17) is 10.5 Å². The van der Waals surface area contributed by atoms with Gasteiger partial charge in [0.25, 0.3) is 0 Å². The molecule has 18 heavy (non-hydrogen) atoms. The highest BCUT2D eigenvalue weighted by molar-refractivity contribution is 5.70. The van der Waals surface area contributed by atoms with Gasteiger partial charge >= 0.3 is 0 Å². The summed E-state index contributed by atoms with van der Waals surface area (Å²) in [6.45, 7) is 4.50. The van der Waals surface area contributed by atoms with Crippen molar-refractivity contribution in [2.75, 3.05) is 7.11 Å². The Morgan fingerprint density at radius 1 is 1.39 bits per heavy atom. The van der Waals surface area contributed by atoms with E-state index in [0.29, 0.717) is 6.54 Å². The number of benzene rings is 1. The molecule has 0 fully saturated rings. The van der Waals surface area contributed by atoms with E-state index in [1.54, 1.807) is 7.11 Å². The minimum atomic E-state index is 0.440. The lowest BCUT2D eigenvalue weighted by atomic mass is 10.0. The fourth-order valence-electron chi connectivity index (χ4n) is 2.07. The first-order chi connectivity index (χ1) is 8.69. The number of H-pyrrole nitrogens is 1. The molecule has 3 N–H and O–H groups in total. The molecule has 0 atom stereocenters. The number of nitrogens with zero attached hydrogens (tertiary/aromatic N) is 1. The van der Waals surface area contributed by atoms with E-state index in [-0.39, 0.29) is 0 Å². The zero-order valence-electron chi connectivity index (χ0n) is 11.1. The average Bonchev–Trinajstić information content (AvgIpc) is 2.79. The normalized spacial score (nSPS) is 10.7. The molecule has 2 rings (SSSR count). The van der Waals surface area contributed by atoms with E-state index < -0.39 is 0 Å². The summed E-state index contributed by atoms with van der Waals surface area (Å²) in [6.07, 6.45) is 0.984. The number of rotatable bonds is 4. The lowest BCUT2D eigenvalue weighted by Gasteiger charge is -2.09. The summed E-state index contributed by atoms with van der Waals surface area (Å²) in [5.41, 5.74) is 9.85. The van der Waals surface area contributed by atoms with Gasteiger partial charge in [-0.3, -0.25) is 0 Å². The number of aryl methyl sites for hydroxylation is 2. The summed E-state index contributed by atoms with van der Waals surface area (Å²) in [6, 6.07) is 6.18. The molecule has 96 valence electrons. The number of nitrogens with one attached hydrogen (secondary N) is 1. The van der Waals surface area contributed by atoms with Gasteiger partial charge in [-0.05, 0) is 31.0 Å².